The van der Waals surface area contributed by atoms with Crippen molar-refractivity contribution in [2.45, 2.75) is 6.54 Å². The highest BCUT2D eigenvalue weighted by Crippen LogP contribution is 2.16. The van der Waals surface area contributed by atoms with E-state index in [2.05, 4.69) is 15.2 Å². The minimum atomic E-state index is 0.705. The van der Waals surface area contributed by atoms with Crippen molar-refractivity contribution in [2.75, 3.05) is 32.6 Å². The van der Waals surface area contributed by atoms with Crippen LogP contribution >= 0.6 is 0 Å². The topological polar surface area (TPSA) is 37.4 Å². The van der Waals surface area contributed by atoms with Gasteiger partial charge in [0.2, 0.25) is 0 Å². The number of pyridine rings is 1. The van der Waals surface area contributed by atoms with Gasteiger partial charge in [-0.3, -0.25) is 4.98 Å². The molecule has 0 atom stereocenters. The molecule has 2 rings (SSSR count). The number of hydrogen-bond acceptors (Lipinski definition) is 4. The summed E-state index contributed by atoms with van der Waals surface area (Å²) in [5.41, 5.74) is 2.30. The van der Waals surface area contributed by atoms with Gasteiger partial charge in [0.05, 0.1) is 0 Å². The zero-order valence-electron chi connectivity index (χ0n) is 12.0. The SMILES string of the molecule is CN(C)CCOc1ccc(NCc2ccncc2)cc1. The van der Waals surface area contributed by atoms with E-state index in [0.717, 1.165) is 24.5 Å². The van der Waals surface area contributed by atoms with Gasteiger partial charge >= 0.3 is 0 Å². The fourth-order valence-corrected chi connectivity index (χ4v) is 1.72. The normalized spacial score (nSPS) is 10.6. The Morgan fingerprint density at radius 2 is 1.75 bits per heavy atom. The lowest BCUT2D eigenvalue weighted by atomic mass is 10.2. The highest BCUT2D eigenvalue weighted by atomic mass is 16.5. The summed E-state index contributed by atoms with van der Waals surface area (Å²) in [7, 11) is 4.07. The summed E-state index contributed by atoms with van der Waals surface area (Å²) in [5.74, 6) is 0.904. The van der Waals surface area contributed by atoms with E-state index in [4.69, 9.17) is 4.74 Å². The third-order valence-corrected chi connectivity index (χ3v) is 2.91. The zero-order valence-corrected chi connectivity index (χ0v) is 12.0. The van der Waals surface area contributed by atoms with E-state index >= 15 is 0 Å². The first-order chi connectivity index (χ1) is 9.74. The number of ether oxygens (including phenoxy) is 1. The lowest BCUT2D eigenvalue weighted by Crippen LogP contribution is -2.19. The third kappa shape index (κ3) is 4.90. The lowest BCUT2D eigenvalue weighted by Gasteiger charge is -2.11. The maximum absolute atomic E-state index is 5.66. The Bertz CT molecular complexity index is 497. The average molecular weight is 271 g/mol. The number of nitrogens with one attached hydrogen (secondary N) is 1. The van der Waals surface area contributed by atoms with E-state index in [1.807, 2.05) is 50.5 Å². The number of likely N-dealkylation sites (N-methyl/N-ethyl adjacent to an activating group) is 1. The molecule has 0 aliphatic rings. The Kier molecular flexibility index (Phi) is 5.38. The minimum Gasteiger partial charge on any atom is -0.492 e. The van der Waals surface area contributed by atoms with Gasteiger partial charge < -0.3 is 15.0 Å². The minimum absolute atomic E-state index is 0.705. The second-order valence-corrected chi connectivity index (χ2v) is 4.89. The highest BCUT2D eigenvalue weighted by molar-refractivity contribution is 5.46. The second-order valence-electron chi connectivity index (χ2n) is 4.89. The summed E-state index contributed by atoms with van der Waals surface area (Å²) >= 11 is 0. The monoisotopic (exact) mass is 271 g/mol. The van der Waals surface area contributed by atoms with E-state index in [1.165, 1.54) is 5.56 Å². The van der Waals surface area contributed by atoms with Crippen molar-refractivity contribution in [3.05, 3.63) is 54.4 Å². The molecule has 0 unspecified atom stereocenters. The molecule has 0 spiro atoms. The molecular formula is C16H21N3O. The number of rotatable bonds is 7. The Morgan fingerprint density at radius 3 is 2.40 bits per heavy atom. The van der Waals surface area contributed by atoms with Gasteiger partial charge in [-0.1, -0.05) is 0 Å². The van der Waals surface area contributed by atoms with Gasteiger partial charge in [0.25, 0.3) is 0 Å². The molecule has 4 heteroatoms. The van der Waals surface area contributed by atoms with Crippen molar-refractivity contribution in [3.63, 3.8) is 0 Å². The van der Waals surface area contributed by atoms with Gasteiger partial charge in [0, 0.05) is 31.2 Å². The molecule has 0 saturated carbocycles. The van der Waals surface area contributed by atoms with Gasteiger partial charge in [-0.25, -0.2) is 0 Å². The first-order valence-electron chi connectivity index (χ1n) is 6.74. The van der Waals surface area contributed by atoms with Crippen LogP contribution in [0.25, 0.3) is 0 Å². The van der Waals surface area contributed by atoms with Crippen LogP contribution in [0.1, 0.15) is 5.56 Å². The fraction of sp³-hybridized carbons (Fsp3) is 0.312. The largest absolute Gasteiger partial charge is 0.492 e. The number of benzene rings is 1. The van der Waals surface area contributed by atoms with Crippen LogP contribution in [0, 0.1) is 0 Å². The quantitative estimate of drug-likeness (QED) is 0.840. The predicted molar refractivity (Wildman–Crippen MR) is 82.1 cm³/mol. The van der Waals surface area contributed by atoms with Gasteiger partial charge in [0.15, 0.2) is 0 Å². The summed E-state index contributed by atoms with van der Waals surface area (Å²) in [6.45, 7) is 2.42. The first kappa shape index (κ1) is 14.3. The Hall–Kier alpha value is -2.07. The smallest absolute Gasteiger partial charge is 0.119 e. The van der Waals surface area contributed by atoms with Gasteiger partial charge in [0.1, 0.15) is 12.4 Å². The molecule has 1 heterocycles. The number of aromatic nitrogens is 1. The van der Waals surface area contributed by atoms with Crippen LogP contribution in [0.3, 0.4) is 0 Å². The van der Waals surface area contributed by atoms with Crippen molar-refractivity contribution in [1.82, 2.24) is 9.88 Å². The Balaban J connectivity index is 1.79. The van der Waals surface area contributed by atoms with Crippen LogP contribution in [0.4, 0.5) is 5.69 Å². The molecular weight excluding hydrogens is 250 g/mol. The molecule has 4 nitrogen and oxygen atoms in total. The maximum atomic E-state index is 5.66. The molecule has 0 amide bonds. The predicted octanol–water partition coefficient (Wildman–Crippen LogP) is 2.63. The molecule has 0 radical (unpaired) electrons. The number of hydrogen-bond donors (Lipinski definition) is 1. The molecule has 2 aromatic rings. The van der Waals surface area contributed by atoms with E-state index in [9.17, 15) is 0 Å². The van der Waals surface area contributed by atoms with Crippen molar-refractivity contribution < 1.29 is 4.74 Å². The summed E-state index contributed by atoms with van der Waals surface area (Å²) in [6, 6.07) is 12.1. The molecule has 0 aliphatic heterocycles. The van der Waals surface area contributed by atoms with Gasteiger partial charge in [-0.05, 0) is 56.1 Å². The summed E-state index contributed by atoms with van der Waals surface area (Å²) in [6.07, 6.45) is 3.61. The number of anilines is 1. The third-order valence-electron chi connectivity index (χ3n) is 2.91. The lowest BCUT2D eigenvalue weighted by molar-refractivity contribution is 0.261. The molecule has 1 aromatic carbocycles. The number of nitrogens with zero attached hydrogens (tertiary/aromatic N) is 2. The van der Waals surface area contributed by atoms with Crippen LogP contribution in [0.2, 0.25) is 0 Å². The molecule has 20 heavy (non-hydrogen) atoms. The van der Waals surface area contributed by atoms with Gasteiger partial charge in [-0.2, -0.15) is 0 Å². The zero-order chi connectivity index (χ0) is 14.2. The van der Waals surface area contributed by atoms with Crippen molar-refractivity contribution in [1.29, 1.82) is 0 Å². The molecule has 106 valence electrons. The van der Waals surface area contributed by atoms with E-state index in [1.54, 1.807) is 12.4 Å². The standard InChI is InChI=1S/C16H21N3O/c1-19(2)11-12-20-16-5-3-15(4-6-16)18-13-14-7-9-17-10-8-14/h3-10,18H,11-13H2,1-2H3. The van der Waals surface area contributed by atoms with Crippen LogP contribution in [-0.4, -0.2) is 37.1 Å². The summed E-state index contributed by atoms with van der Waals surface area (Å²) in [5, 5.41) is 3.37. The van der Waals surface area contributed by atoms with Crippen molar-refractivity contribution in [2.24, 2.45) is 0 Å². The van der Waals surface area contributed by atoms with Crippen LogP contribution in [-0.2, 0) is 6.54 Å². The van der Waals surface area contributed by atoms with E-state index in [-0.39, 0.29) is 0 Å². The molecule has 1 aromatic heterocycles. The Morgan fingerprint density at radius 1 is 1.05 bits per heavy atom. The summed E-state index contributed by atoms with van der Waals surface area (Å²) < 4.78 is 5.66. The molecule has 1 N–H and O–H groups in total. The average Bonchev–Trinajstić information content (AvgIpc) is 2.47. The molecule has 0 fully saturated rings. The van der Waals surface area contributed by atoms with Crippen molar-refractivity contribution >= 4 is 5.69 Å². The van der Waals surface area contributed by atoms with Crippen LogP contribution in [0.5, 0.6) is 5.75 Å². The van der Waals surface area contributed by atoms with Crippen molar-refractivity contribution in [3.8, 4) is 5.75 Å². The second kappa shape index (κ2) is 7.50. The summed E-state index contributed by atoms with van der Waals surface area (Å²) in [4.78, 5) is 6.11. The van der Waals surface area contributed by atoms with Crippen LogP contribution < -0.4 is 10.1 Å². The first-order valence-corrected chi connectivity index (χ1v) is 6.74. The highest BCUT2D eigenvalue weighted by Gasteiger charge is 1.97. The molecule has 0 bridgehead atoms. The molecule has 0 aliphatic carbocycles. The Labute approximate surface area is 120 Å². The van der Waals surface area contributed by atoms with Gasteiger partial charge in [-0.15, -0.1) is 0 Å². The maximum Gasteiger partial charge on any atom is 0.119 e. The molecule has 0 saturated heterocycles. The van der Waals surface area contributed by atoms with E-state index < -0.39 is 0 Å². The van der Waals surface area contributed by atoms with E-state index in [0.29, 0.717) is 6.61 Å². The van der Waals surface area contributed by atoms with Crippen LogP contribution in [0.15, 0.2) is 48.8 Å². The fourth-order valence-electron chi connectivity index (χ4n) is 1.72.